The summed E-state index contributed by atoms with van der Waals surface area (Å²) in [6, 6.07) is 13.1. The Hall–Kier alpha value is -3.17. The highest BCUT2D eigenvalue weighted by Crippen LogP contribution is 2.45. The fraction of sp³-hybridized carbons (Fsp3) is 0.0556. The normalized spacial score (nSPS) is 10.3. The van der Waals surface area contributed by atoms with E-state index >= 15 is 0 Å². The van der Waals surface area contributed by atoms with E-state index in [1.165, 1.54) is 11.3 Å². The molecule has 0 bridgehead atoms. The van der Waals surface area contributed by atoms with Gasteiger partial charge in [-0.25, -0.2) is 4.85 Å². The Morgan fingerprint density at radius 1 is 1.21 bits per heavy atom. The van der Waals surface area contributed by atoms with Gasteiger partial charge in [-0.3, -0.25) is 4.79 Å². The van der Waals surface area contributed by atoms with Crippen molar-refractivity contribution in [3.63, 3.8) is 0 Å². The lowest BCUT2D eigenvalue weighted by Crippen LogP contribution is -2.24. The van der Waals surface area contributed by atoms with Crippen LogP contribution in [0.2, 0.25) is 0 Å². The first-order chi connectivity index (χ1) is 11.5. The summed E-state index contributed by atoms with van der Waals surface area (Å²) in [6.07, 6.45) is 0. The van der Waals surface area contributed by atoms with Gasteiger partial charge in [0.15, 0.2) is 5.96 Å². The molecule has 0 saturated carbocycles. The van der Waals surface area contributed by atoms with Gasteiger partial charge in [-0.15, -0.1) is 0 Å². The van der Waals surface area contributed by atoms with Crippen LogP contribution in [-0.2, 0) is 0 Å². The number of carbonyl (C=O) groups excluding carboxylic acids is 1. The molecule has 1 amide bonds. The first-order valence-corrected chi connectivity index (χ1v) is 7.97. The Balaban J connectivity index is 2.28. The minimum absolute atomic E-state index is 0.272. The van der Waals surface area contributed by atoms with Crippen molar-refractivity contribution in [3.8, 4) is 11.1 Å². The number of aliphatic imine (C=N–C) groups is 1. The van der Waals surface area contributed by atoms with Crippen LogP contribution in [0.15, 0.2) is 47.5 Å². The molecule has 3 aromatic rings. The van der Waals surface area contributed by atoms with Gasteiger partial charge in [-0.05, 0) is 41.6 Å². The average molecular weight is 334 g/mol. The molecule has 118 valence electrons. The fourth-order valence-corrected chi connectivity index (χ4v) is 3.57. The van der Waals surface area contributed by atoms with Gasteiger partial charge in [0, 0.05) is 15.8 Å². The molecule has 1 aromatic heterocycles. The van der Waals surface area contributed by atoms with Crippen molar-refractivity contribution in [3.05, 3.63) is 65.0 Å². The minimum atomic E-state index is -0.497. The molecule has 0 aliphatic rings. The fourth-order valence-electron chi connectivity index (χ4n) is 2.59. The number of nitrogens with two attached hydrogens (primary N) is 2. The number of benzene rings is 2. The number of carbonyl (C=O) groups is 1. The van der Waals surface area contributed by atoms with E-state index in [4.69, 9.17) is 18.0 Å². The largest absolute Gasteiger partial charge is 0.370 e. The molecule has 2 aromatic carbocycles. The van der Waals surface area contributed by atoms with Gasteiger partial charge in [-0.2, -0.15) is 16.3 Å². The van der Waals surface area contributed by atoms with Gasteiger partial charge in [-0.1, -0.05) is 24.3 Å². The maximum atomic E-state index is 12.1. The summed E-state index contributed by atoms with van der Waals surface area (Å²) in [5.74, 6) is -0.769. The summed E-state index contributed by atoms with van der Waals surface area (Å²) in [4.78, 5) is 19.3. The zero-order chi connectivity index (χ0) is 17.3. The van der Waals surface area contributed by atoms with Crippen molar-refractivity contribution >= 4 is 38.3 Å². The highest BCUT2D eigenvalue weighted by molar-refractivity contribution is 7.23. The number of thiophene rings is 1. The van der Waals surface area contributed by atoms with Crippen LogP contribution in [-0.4, -0.2) is 11.9 Å². The predicted molar refractivity (Wildman–Crippen MR) is 98.4 cm³/mol. The van der Waals surface area contributed by atoms with Crippen LogP contribution in [0.3, 0.4) is 0 Å². The molecule has 0 unspecified atom stereocenters. The Morgan fingerprint density at radius 3 is 2.62 bits per heavy atom. The summed E-state index contributed by atoms with van der Waals surface area (Å²) in [5.41, 5.74) is 13.9. The maximum absolute atomic E-state index is 12.1. The highest BCUT2D eigenvalue weighted by atomic mass is 32.1. The summed E-state index contributed by atoms with van der Waals surface area (Å²) in [7, 11) is 0. The van der Waals surface area contributed by atoms with E-state index < -0.39 is 5.91 Å². The van der Waals surface area contributed by atoms with Crippen molar-refractivity contribution in [2.75, 3.05) is 0 Å². The number of hydrogen-bond donors (Lipinski definition) is 2. The number of amides is 1. The number of guanidine groups is 1. The second kappa shape index (κ2) is 6.14. The van der Waals surface area contributed by atoms with Crippen molar-refractivity contribution in [1.29, 1.82) is 0 Å². The van der Waals surface area contributed by atoms with E-state index in [9.17, 15) is 4.79 Å². The van der Waals surface area contributed by atoms with Crippen LogP contribution >= 0.6 is 11.3 Å². The quantitative estimate of drug-likeness (QED) is 0.424. The average Bonchev–Trinajstić information content (AvgIpc) is 2.92. The molecule has 5 nitrogen and oxygen atoms in total. The van der Waals surface area contributed by atoms with Gasteiger partial charge in [0.2, 0.25) is 5.00 Å². The maximum Gasteiger partial charge on any atom is 0.280 e. The molecule has 0 aliphatic carbocycles. The molecule has 24 heavy (non-hydrogen) atoms. The van der Waals surface area contributed by atoms with Crippen LogP contribution in [0.4, 0.5) is 5.00 Å². The lowest BCUT2D eigenvalue weighted by atomic mass is 9.98. The van der Waals surface area contributed by atoms with Crippen molar-refractivity contribution in [2.24, 2.45) is 16.5 Å². The van der Waals surface area contributed by atoms with E-state index in [1.54, 1.807) is 12.1 Å². The lowest BCUT2D eigenvalue weighted by molar-refractivity contribution is 0.100. The second-order valence-corrected chi connectivity index (χ2v) is 6.29. The zero-order valence-corrected chi connectivity index (χ0v) is 13.7. The molecular formula is C18H14N4OS. The van der Waals surface area contributed by atoms with E-state index in [0.717, 1.165) is 26.8 Å². The van der Waals surface area contributed by atoms with Gasteiger partial charge in [0.25, 0.3) is 5.91 Å². The first-order valence-electron chi connectivity index (χ1n) is 7.15. The summed E-state index contributed by atoms with van der Waals surface area (Å²) in [5, 5.41) is 1.46. The third-order valence-corrected chi connectivity index (χ3v) is 4.73. The van der Waals surface area contributed by atoms with Crippen LogP contribution in [0.5, 0.6) is 0 Å². The smallest absolute Gasteiger partial charge is 0.280 e. The van der Waals surface area contributed by atoms with Crippen LogP contribution in [0, 0.1) is 13.5 Å². The Kier molecular flexibility index (Phi) is 4.02. The molecule has 6 heteroatoms. The monoisotopic (exact) mass is 334 g/mol. The number of hydrogen-bond acceptors (Lipinski definition) is 2. The topological polar surface area (TPSA) is 85.8 Å². The molecular weight excluding hydrogens is 320 g/mol. The van der Waals surface area contributed by atoms with E-state index in [2.05, 4.69) is 9.84 Å². The SMILES string of the molecule is [C-]#[N+]c1sc2ccc(C(=O)N=C(N)N)cc2c1-c1ccccc1C. The van der Waals surface area contributed by atoms with Crippen LogP contribution in [0.1, 0.15) is 15.9 Å². The van der Waals surface area contributed by atoms with Gasteiger partial charge in [0.05, 0.1) is 6.57 Å². The number of rotatable bonds is 2. The Bertz CT molecular complexity index is 1020. The van der Waals surface area contributed by atoms with Gasteiger partial charge < -0.3 is 11.5 Å². The second-order valence-electron chi connectivity index (χ2n) is 5.26. The molecule has 4 N–H and O–H groups in total. The molecule has 0 aliphatic heterocycles. The minimum Gasteiger partial charge on any atom is -0.370 e. The standard InChI is InChI=1S/C18H14N4OS/c1-10-5-3-4-6-12(10)15-13-9-11(16(23)22-18(19)20)7-8-14(13)24-17(15)21-2/h3-9H,1H3,(H4,19,20,22,23). The highest BCUT2D eigenvalue weighted by Gasteiger charge is 2.17. The lowest BCUT2D eigenvalue weighted by Gasteiger charge is -2.06. The summed E-state index contributed by atoms with van der Waals surface area (Å²) < 4.78 is 0.945. The molecule has 0 fully saturated rings. The van der Waals surface area contributed by atoms with Gasteiger partial charge >= 0.3 is 0 Å². The van der Waals surface area contributed by atoms with Crippen LogP contribution in [0.25, 0.3) is 26.1 Å². The summed E-state index contributed by atoms with van der Waals surface area (Å²) in [6.45, 7) is 9.48. The molecule has 0 saturated heterocycles. The molecule has 1 heterocycles. The summed E-state index contributed by atoms with van der Waals surface area (Å²) >= 11 is 1.41. The van der Waals surface area contributed by atoms with E-state index in [1.807, 2.05) is 37.3 Å². The van der Waals surface area contributed by atoms with E-state index in [0.29, 0.717) is 10.6 Å². The molecule has 0 atom stereocenters. The van der Waals surface area contributed by atoms with Gasteiger partial charge in [0.1, 0.15) is 0 Å². The predicted octanol–water partition coefficient (Wildman–Crippen LogP) is 3.84. The zero-order valence-electron chi connectivity index (χ0n) is 12.9. The Morgan fingerprint density at radius 2 is 1.96 bits per heavy atom. The Labute approximate surface area is 143 Å². The van der Waals surface area contributed by atoms with Crippen molar-refractivity contribution < 1.29 is 4.79 Å². The molecule has 0 radical (unpaired) electrons. The van der Waals surface area contributed by atoms with E-state index in [-0.39, 0.29) is 5.96 Å². The van der Waals surface area contributed by atoms with Crippen molar-refractivity contribution in [2.45, 2.75) is 6.92 Å². The van der Waals surface area contributed by atoms with Crippen LogP contribution < -0.4 is 11.5 Å². The molecule has 0 spiro atoms. The molecule has 3 rings (SSSR count). The first kappa shape index (κ1) is 15.7. The third-order valence-electron chi connectivity index (χ3n) is 3.66. The van der Waals surface area contributed by atoms with Crippen molar-refractivity contribution in [1.82, 2.24) is 0 Å². The number of aryl methyl sites for hydroxylation is 1. The number of nitrogens with zero attached hydrogens (tertiary/aromatic N) is 2. The number of fused-ring (bicyclic) bond motifs is 1. The third kappa shape index (κ3) is 2.73.